The van der Waals surface area contributed by atoms with E-state index in [2.05, 4.69) is 4.98 Å². The third kappa shape index (κ3) is 5.56. The van der Waals surface area contributed by atoms with Gasteiger partial charge in [-0.1, -0.05) is 0 Å². The highest BCUT2D eigenvalue weighted by atomic mass is 35.5. The molecule has 0 saturated carbocycles. The topological polar surface area (TPSA) is 79.5 Å². The Balaban J connectivity index is 0.00000182. The van der Waals surface area contributed by atoms with E-state index in [9.17, 15) is 9.59 Å². The molecule has 3 unspecified atom stereocenters. The standard InChI is InChI=1S/C19H28N4O2.2ClH/c1-14(20)17-6-2-3-12-23(17)19(25)16-5-4-11-22(13-16)18(24)15-7-9-21-10-8-15;;/h7-10,14,16-17H,2-6,11-13,20H2,1H3;2*1H. The molecule has 0 radical (unpaired) electrons. The van der Waals surface area contributed by atoms with Crippen LogP contribution in [0.15, 0.2) is 24.5 Å². The second-order valence-electron chi connectivity index (χ2n) is 7.28. The lowest BCUT2D eigenvalue weighted by atomic mass is 9.91. The Kier molecular flexibility index (Phi) is 9.50. The van der Waals surface area contributed by atoms with Crippen LogP contribution in [0.5, 0.6) is 0 Å². The molecule has 3 atom stereocenters. The summed E-state index contributed by atoms with van der Waals surface area (Å²) in [7, 11) is 0. The van der Waals surface area contributed by atoms with Crippen LogP contribution in [0.2, 0.25) is 0 Å². The normalized spacial score (nSPS) is 23.6. The zero-order chi connectivity index (χ0) is 17.8. The number of amides is 2. The Morgan fingerprint density at radius 3 is 2.48 bits per heavy atom. The number of hydrogen-bond acceptors (Lipinski definition) is 4. The first-order valence-electron chi connectivity index (χ1n) is 9.33. The van der Waals surface area contributed by atoms with E-state index in [-0.39, 0.29) is 54.6 Å². The average Bonchev–Trinajstić information content (AvgIpc) is 2.67. The first-order valence-corrected chi connectivity index (χ1v) is 9.33. The molecule has 8 heteroatoms. The highest BCUT2D eigenvalue weighted by molar-refractivity contribution is 5.94. The fourth-order valence-corrected chi connectivity index (χ4v) is 4.05. The molecular formula is C19H30Cl2N4O2. The highest BCUT2D eigenvalue weighted by Gasteiger charge is 2.36. The number of rotatable bonds is 3. The Hall–Kier alpha value is -1.37. The number of nitrogens with zero attached hydrogens (tertiary/aromatic N) is 3. The average molecular weight is 417 g/mol. The van der Waals surface area contributed by atoms with Crippen LogP contribution < -0.4 is 5.73 Å². The van der Waals surface area contributed by atoms with E-state index < -0.39 is 0 Å². The van der Waals surface area contributed by atoms with Crippen LogP contribution in [-0.4, -0.2) is 58.3 Å². The molecule has 152 valence electrons. The summed E-state index contributed by atoms with van der Waals surface area (Å²) in [6.45, 7) is 3.99. The molecule has 2 amide bonds. The van der Waals surface area contributed by atoms with Gasteiger partial charge >= 0.3 is 0 Å². The van der Waals surface area contributed by atoms with E-state index in [1.807, 2.05) is 16.7 Å². The zero-order valence-electron chi connectivity index (χ0n) is 15.8. The summed E-state index contributed by atoms with van der Waals surface area (Å²) in [6, 6.07) is 3.57. The van der Waals surface area contributed by atoms with Crippen molar-refractivity contribution in [1.29, 1.82) is 0 Å². The second-order valence-corrected chi connectivity index (χ2v) is 7.28. The summed E-state index contributed by atoms with van der Waals surface area (Å²) in [5.74, 6) is 0.0513. The monoisotopic (exact) mass is 416 g/mol. The van der Waals surface area contributed by atoms with E-state index in [1.54, 1.807) is 24.5 Å². The van der Waals surface area contributed by atoms with Crippen LogP contribution in [0.25, 0.3) is 0 Å². The van der Waals surface area contributed by atoms with Gasteiger partial charge in [0.25, 0.3) is 5.91 Å². The van der Waals surface area contributed by atoms with Crippen LogP contribution in [0.4, 0.5) is 0 Å². The number of halogens is 2. The van der Waals surface area contributed by atoms with Gasteiger partial charge in [0.05, 0.1) is 5.92 Å². The van der Waals surface area contributed by atoms with Crippen molar-refractivity contribution in [3.8, 4) is 0 Å². The van der Waals surface area contributed by atoms with Gasteiger partial charge in [-0.25, -0.2) is 0 Å². The third-order valence-corrected chi connectivity index (χ3v) is 5.42. The predicted molar refractivity (Wildman–Crippen MR) is 110 cm³/mol. The number of hydrogen-bond donors (Lipinski definition) is 1. The van der Waals surface area contributed by atoms with Crippen LogP contribution in [0, 0.1) is 5.92 Å². The maximum atomic E-state index is 13.1. The van der Waals surface area contributed by atoms with Crippen molar-refractivity contribution in [2.24, 2.45) is 11.7 Å². The molecule has 2 N–H and O–H groups in total. The lowest BCUT2D eigenvalue weighted by molar-refractivity contribution is -0.141. The van der Waals surface area contributed by atoms with Crippen molar-refractivity contribution in [2.75, 3.05) is 19.6 Å². The van der Waals surface area contributed by atoms with Crippen LogP contribution in [0.3, 0.4) is 0 Å². The third-order valence-electron chi connectivity index (χ3n) is 5.42. The van der Waals surface area contributed by atoms with E-state index >= 15 is 0 Å². The van der Waals surface area contributed by atoms with Crippen molar-refractivity contribution in [2.45, 2.75) is 51.1 Å². The maximum absolute atomic E-state index is 13.1. The Labute approximate surface area is 173 Å². The molecule has 2 saturated heterocycles. The van der Waals surface area contributed by atoms with Gasteiger partial charge in [0.1, 0.15) is 0 Å². The molecule has 0 spiro atoms. The first-order chi connectivity index (χ1) is 12.1. The molecule has 0 aromatic carbocycles. The Morgan fingerprint density at radius 1 is 1.11 bits per heavy atom. The molecule has 27 heavy (non-hydrogen) atoms. The zero-order valence-corrected chi connectivity index (χ0v) is 17.4. The molecule has 1 aromatic heterocycles. The van der Waals surface area contributed by atoms with Gasteiger partial charge in [0.2, 0.25) is 5.91 Å². The summed E-state index contributed by atoms with van der Waals surface area (Å²) < 4.78 is 0. The Morgan fingerprint density at radius 2 is 1.81 bits per heavy atom. The second kappa shape index (κ2) is 10.8. The van der Waals surface area contributed by atoms with Crippen molar-refractivity contribution >= 4 is 36.6 Å². The minimum atomic E-state index is -0.112. The number of likely N-dealkylation sites (tertiary alicyclic amines) is 2. The molecule has 1 aromatic rings. The van der Waals surface area contributed by atoms with Gasteiger partial charge in [-0.3, -0.25) is 14.6 Å². The molecule has 0 aliphatic carbocycles. The number of aromatic nitrogens is 1. The van der Waals surface area contributed by atoms with E-state index in [1.165, 1.54) is 0 Å². The van der Waals surface area contributed by atoms with E-state index in [4.69, 9.17) is 5.73 Å². The first kappa shape index (κ1) is 23.7. The quantitative estimate of drug-likeness (QED) is 0.820. The lowest BCUT2D eigenvalue weighted by Gasteiger charge is -2.42. The minimum absolute atomic E-state index is 0. The van der Waals surface area contributed by atoms with Gasteiger partial charge < -0.3 is 15.5 Å². The van der Waals surface area contributed by atoms with Gasteiger partial charge in [-0.2, -0.15) is 0 Å². The van der Waals surface area contributed by atoms with Crippen molar-refractivity contribution < 1.29 is 9.59 Å². The van der Waals surface area contributed by atoms with Gasteiger partial charge in [-0.15, -0.1) is 24.8 Å². The molecular weight excluding hydrogens is 387 g/mol. The SMILES string of the molecule is CC(N)C1CCCCN1C(=O)C1CCCN(C(=O)c2ccncc2)C1.Cl.Cl. The van der Waals surface area contributed by atoms with Gasteiger partial charge in [-0.05, 0) is 51.2 Å². The number of carbonyl (C=O) groups is 2. The highest BCUT2D eigenvalue weighted by Crippen LogP contribution is 2.26. The maximum Gasteiger partial charge on any atom is 0.253 e. The summed E-state index contributed by atoms with van der Waals surface area (Å²) >= 11 is 0. The van der Waals surface area contributed by atoms with Crippen molar-refractivity contribution in [1.82, 2.24) is 14.8 Å². The predicted octanol–water partition coefficient (Wildman–Crippen LogP) is 2.51. The lowest BCUT2D eigenvalue weighted by Crippen LogP contribution is -2.55. The number of pyridine rings is 1. The molecule has 2 aliphatic heterocycles. The number of nitrogens with two attached hydrogens (primary N) is 1. The summed E-state index contributed by atoms with van der Waals surface area (Å²) in [4.78, 5) is 33.5. The minimum Gasteiger partial charge on any atom is -0.338 e. The summed E-state index contributed by atoms with van der Waals surface area (Å²) in [5, 5.41) is 0. The van der Waals surface area contributed by atoms with Gasteiger partial charge in [0.15, 0.2) is 0 Å². The van der Waals surface area contributed by atoms with Crippen molar-refractivity contribution in [3.05, 3.63) is 30.1 Å². The molecule has 3 heterocycles. The smallest absolute Gasteiger partial charge is 0.253 e. The molecule has 2 fully saturated rings. The fraction of sp³-hybridized carbons (Fsp3) is 0.632. The number of carbonyl (C=O) groups excluding carboxylic acids is 2. The van der Waals surface area contributed by atoms with Crippen LogP contribution in [0.1, 0.15) is 49.4 Å². The van der Waals surface area contributed by atoms with Crippen LogP contribution >= 0.6 is 24.8 Å². The number of piperidine rings is 2. The van der Waals surface area contributed by atoms with Crippen LogP contribution in [-0.2, 0) is 4.79 Å². The fourth-order valence-electron chi connectivity index (χ4n) is 4.05. The largest absolute Gasteiger partial charge is 0.338 e. The Bertz CT molecular complexity index is 615. The van der Waals surface area contributed by atoms with Gasteiger partial charge in [0, 0.05) is 49.7 Å². The summed E-state index contributed by atoms with van der Waals surface area (Å²) in [6.07, 6.45) is 8.12. The van der Waals surface area contributed by atoms with E-state index in [0.29, 0.717) is 18.7 Å². The van der Waals surface area contributed by atoms with E-state index in [0.717, 1.165) is 38.6 Å². The summed E-state index contributed by atoms with van der Waals surface area (Å²) in [5.41, 5.74) is 6.75. The van der Waals surface area contributed by atoms with Crippen molar-refractivity contribution in [3.63, 3.8) is 0 Å². The molecule has 3 rings (SSSR count). The molecule has 6 nitrogen and oxygen atoms in total. The molecule has 0 bridgehead atoms. The molecule has 2 aliphatic rings.